The zero-order chi connectivity index (χ0) is 53.5. The van der Waals surface area contributed by atoms with Crippen molar-refractivity contribution in [2.75, 3.05) is 0 Å². The summed E-state index contributed by atoms with van der Waals surface area (Å²) >= 11 is 0.767. The van der Waals surface area contributed by atoms with Gasteiger partial charge in [0.2, 0.25) is 0 Å². The number of para-hydroxylation sites is 1. The first-order valence-electron chi connectivity index (χ1n) is 26.6. The van der Waals surface area contributed by atoms with E-state index in [1.54, 1.807) is 42.5 Å². The zero-order valence-corrected chi connectivity index (χ0v) is 29.4. The fourth-order valence-corrected chi connectivity index (χ4v) is 7.39. The summed E-state index contributed by atoms with van der Waals surface area (Å²) in [6.45, 7) is 0. The van der Waals surface area contributed by atoms with Crippen LogP contribution in [-0.2, 0) is 0 Å². The third kappa shape index (κ3) is 5.74. The van der Waals surface area contributed by atoms with Crippen molar-refractivity contribution in [2.24, 2.45) is 0 Å². The van der Waals surface area contributed by atoms with Crippen molar-refractivity contribution in [3.05, 3.63) is 188 Å². The molecule has 0 spiro atoms. The smallest absolute Gasteiger partial charge is 0.164 e. The highest BCUT2D eigenvalue weighted by atomic mass is 32.1. The number of hydrogen-bond acceptors (Lipinski definition) is 5. The average molecular weight is 753 g/mol. The molecule has 0 amide bonds. The van der Waals surface area contributed by atoms with E-state index in [9.17, 15) is 12.3 Å². The van der Waals surface area contributed by atoms with Crippen molar-refractivity contribution in [2.45, 2.75) is 0 Å². The molecule has 0 N–H and O–H groups in total. The molecular formula is C51H31N3OS. The second-order valence-electron chi connectivity index (χ2n) is 12.5. The third-order valence-electron chi connectivity index (χ3n) is 9.04. The zero-order valence-electron chi connectivity index (χ0n) is 47.6. The SMILES string of the molecule is [2H]c1c([2H])c([2H])c(-c2c([2H])c(-c3c([2H])c([2H])c([2H])c([2H])c3[2H])c([2H])c(-c3c([2H])c([2H])c4sc5c([2H])c(-c6nc(-c7ccccc7)nc(-c7ccc8c(c7)oc7ccccc78)n6)c([2H])c([2H])c5c4c3[2H])c2[2H])c([2H])c1[2H]. The molecule has 0 saturated carbocycles. The molecule has 11 rings (SSSR count). The Morgan fingerprint density at radius 1 is 0.375 bits per heavy atom. The van der Waals surface area contributed by atoms with Gasteiger partial charge in [0.25, 0.3) is 0 Å². The first-order chi connectivity index (χ1) is 35.7. The Hall–Kier alpha value is -7.21. The minimum atomic E-state index is -0.942. The monoisotopic (exact) mass is 752 g/mol. The highest BCUT2D eigenvalue weighted by Gasteiger charge is 2.17. The molecule has 262 valence electrons. The second-order valence-corrected chi connectivity index (χ2v) is 13.5. The molecule has 56 heavy (non-hydrogen) atoms. The first-order valence-corrected chi connectivity index (χ1v) is 18.0. The molecule has 0 radical (unpaired) electrons. The molecule has 8 aromatic carbocycles. The van der Waals surface area contributed by atoms with Gasteiger partial charge in [0, 0.05) is 47.6 Å². The Bertz CT molecular complexity index is 4220. The van der Waals surface area contributed by atoms with E-state index >= 15 is 0 Å². The molecule has 0 aliphatic rings. The molecule has 0 bridgehead atoms. The maximum atomic E-state index is 9.79. The van der Waals surface area contributed by atoms with E-state index in [1.165, 1.54) is 0 Å². The summed E-state index contributed by atoms with van der Waals surface area (Å²) in [6, 6.07) is 6.72. The Labute approximate surface area is 353 Å². The number of fused-ring (bicyclic) bond motifs is 6. The Balaban J connectivity index is 1.20. The van der Waals surface area contributed by atoms with E-state index in [-0.39, 0.29) is 49.3 Å². The number of thiophene rings is 1. The van der Waals surface area contributed by atoms with Crippen LogP contribution in [-0.4, -0.2) is 15.0 Å². The van der Waals surface area contributed by atoms with E-state index in [1.807, 2.05) is 30.3 Å². The van der Waals surface area contributed by atoms with Gasteiger partial charge in [0.05, 0.1) is 26.0 Å². The lowest BCUT2D eigenvalue weighted by Crippen LogP contribution is -2.00. The number of benzene rings is 8. The molecular weight excluding hydrogens is 703 g/mol. The van der Waals surface area contributed by atoms with E-state index in [0.717, 1.165) is 22.1 Å². The minimum absolute atomic E-state index is 0.0233. The fourth-order valence-electron chi connectivity index (χ4n) is 6.42. The molecule has 3 aromatic heterocycles. The van der Waals surface area contributed by atoms with Gasteiger partial charge < -0.3 is 4.42 Å². The van der Waals surface area contributed by atoms with E-state index in [4.69, 9.17) is 33.1 Å². The largest absolute Gasteiger partial charge is 0.456 e. The summed E-state index contributed by atoms with van der Waals surface area (Å²) < 4.78 is 177. The van der Waals surface area contributed by atoms with Gasteiger partial charge in [-0.15, -0.1) is 11.3 Å². The van der Waals surface area contributed by atoms with Crippen LogP contribution in [0, 0.1) is 0 Å². The van der Waals surface area contributed by atoms with Crippen LogP contribution in [0.2, 0.25) is 0 Å². The standard InChI is InChI=1S/C51H31N3OS/c1-4-12-32(13-5-1)38-26-39(33-14-6-2-7-15-33)28-40(27-38)35-22-25-47-44(29-35)43-24-21-37(31-48(43)56-47)51-53-49(34-16-8-3-9-17-34)52-50(54-51)36-20-23-42-41-18-10-11-19-45(41)55-46(42)30-36/h1-31H/i1D,2D,4D,5D,6D,7D,12D,13D,14D,15D,21D,22D,24D,25D,26D,27D,28D,29D,31D. The van der Waals surface area contributed by atoms with Crippen LogP contribution in [0.3, 0.4) is 0 Å². The lowest BCUT2D eigenvalue weighted by Gasteiger charge is -2.11. The number of aromatic nitrogens is 3. The Kier molecular flexibility index (Phi) is 4.36. The topological polar surface area (TPSA) is 51.8 Å². The van der Waals surface area contributed by atoms with Gasteiger partial charge in [-0.25, -0.2) is 15.0 Å². The van der Waals surface area contributed by atoms with Crippen LogP contribution < -0.4 is 0 Å². The molecule has 0 aliphatic heterocycles. The molecule has 0 fully saturated rings. The molecule has 0 unspecified atom stereocenters. The van der Waals surface area contributed by atoms with Crippen LogP contribution >= 0.6 is 11.3 Å². The quantitative estimate of drug-likeness (QED) is 0.170. The van der Waals surface area contributed by atoms with Crippen molar-refractivity contribution in [1.29, 1.82) is 0 Å². The van der Waals surface area contributed by atoms with Gasteiger partial charge in [-0.05, 0) is 87.8 Å². The highest BCUT2D eigenvalue weighted by molar-refractivity contribution is 7.25. The van der Waals surface area contributed by atoms with Crippen molar-refractivity contribution in [3.8, 4) is 67.5 Å². The minimum Gasteiger partial charge on any atom is -0.456 e. The van der Waals surface area contributed by atoms with Gasteiger partial charge in [0.15, 0.2) is 17.5 Å². The summed E-state index contributed by atoms with van der Waals surface area (Å²) in [5.41, 5.74) is -2.32. The van der Waals surface area contributed by atoms with Gasteiger partial charge in [-0.2, -0.15) is 0 Å². The predicted octanol–water partition coefficient (Wildman–Crippen LogP) is 14.1. The predicted molar refractivity (Wildman–Crippen MR) is 233 cm³/mol. The van der Waals surface area contributed by atoms with Crippen LogP contribution in [0.15, 0.2) is 192 Å². The normalized spacial score (nSPS) is 16.3. The Morgan fingerprint density at radius 3 is 1.71 bits per heavy atom. The fraction of sp³-hybridized carbons (Fsp3) is 0. The summed E-state index contributed by atoms with van der Waals surface area (Å²) in [4.78, 5) is 14.3. The average Bonchev–Trinajstić information content (AvgIpc) is 4.05. The van der Waals surface area contributed by atoms with Crippen LogP contribution in [0.1, 0.15) is 26.0 Å². The maximum absolute atomic E-state index is 9.79. The molecule has 0 aliphatic carbocycles. The molecule has 3 heterocycles. The summed E-state index contributed by atoms with van der Waals surface area (Å²) in [6.07, 6.45) is 0. The lowest BCUT2D eigenvalue weighted by atomic mass is 9.93. The third-order valence-corrected chi connectivity index (χ3v) is 10.1. The Morgan fingerprint density at radius 2 is 0.982 bits per heavy atom. The van der Waals surface area contributed by atoms with Gasteiger partial charge in [0.1, 0.15) is 11.2 Å². The van der Waals surface area contributed by atoms with Crippen molar-refractivity contribution < 1.29 is 30.5 Å². The first kappa shape index (κ1) is 18.4. The number of hydrogen-bond donors (Lipinski definition) is 0. The maximum Gasteiger partial charge on any atom is 0.164 e. The van der Waals surface area contributed by atoms with Crippen molar-refractivity contribution >= 4 is 53.4 Å². The number of furan rings is 1. The van der Waals surface area contributed by atoms with E-state index < -0.39 is 142 Å². The second kappa shape index (κ2) is 13.3. The highest BCUT2D eigenvalue weighted by Crippen LogP contribution is 2.40. The summed E-state index contributed by atoms with van der Waals surface area (Å²) in [5, 5.41) is 1.32. The number of rotatable bonds is 6. The van der Waals surface area contributed by atoms with E-state index in [0.29, 0.717) is 22.3 Å². The summed E-state index contributed by atoms with van der Waals surface area (Å²) in [7, 11) is 0. The van der Waals surface area contributed by atoms with E-state index in [2.05, 4.69) is 0 Å². The van der Waals surface area contributed by atoms with Crippen molar-refractivity contribution in [3.63, 3.8) is 0 Å². The van der Waals surface area contributed by atoms with Gasteiger partial charge >= 0.3 is 0 Å². The summed E-state index contributed by atoms with van der Waals surface area (Å²) in [5.74, 6) is 0.170. The molecule has 5 heteroatoms. The molecule has 0 atom stereocenters. The lowest BCUT2D eigenvalue weighted by molar-refractivity contribution is 0.669. The molecule has 4 nitrogen and oxygen atoms in total. The van der Waals surface area contributed by atoms with Crippen LogP contribution in [0.25, 0.3) is 110 Å². The molecule has 11 aromatic rings. The van der Waals surface area contributed by atoms with Crippen LogP contribution in [0.4, 0.5) is 0 Å². The van der Waals surface area contributed by atoms with Crippen LogP contribution in [0.5, 0.6) is 0 Å². The van der Waals surface area contributed by atoms with Gasteiger partial charge in [-0.3, -0.25) is 0 Å². The molecule has 0 saturated heterocycles. The van der Waals surface area contributed by atoms with Crippen molar-refractivity contribution in [1.82, 2.24) is 15.0 Å². The number of nitrogens with zero attached hydrogens (tertiary/aromatic N) is 3. The van der Waals surface area contributed by atoms with Gasteiger partial charge in [-0.1, -0.05) is 133 Å².